The Morgan fingerprint density at radius 2 is 0.864 bits per heavy atom. The summed E-state index contributed by atoms with van der Waals surface area (Å²) in [5.74, 6) is 4.27. The summed E-state index contributed by atoms with van der Waals surface area (Å²) in [6, 6.07) is 23.2. The minimum absolute atomic E-state index is 0.0644. The molecule has 8 nitrogen and oxygen atoms in total. The number of allylic oxidation sites excluding steroid dienone is 2. The van der Waals surface area contributed by atoms with E-state index in [2.05, 4.69) is 130 Å². The molecule has 2 atom stereocenters. The topological polar surface area (TPSA) is 89.2 Å². The summed E-state index contributed by atoms with van der Waals surface area (Å²) in [5.41, 5.74) is 18.5. The van der Waals surface area contributed by atoms with Crippen molar-refractivity contribution in [3.8, 4) is 34.5 Å². The van der Waals surface area contributed by atoms with Gasteiger partial charge in [0.1, 0.15) is 0 Å². The van der Waals surface area contributed by atoms with Crippen molar-refractivity contribution in [1.29, 1.82) is 0 Å². The number of ether oxygens (including phenoxy) is 4. The van der Waals surface area contributed by atoms with E-state index < -0.39 is 0 Å². The zero-order valence-corrected chi connectivity index (χ0v) is 40.2. The van der Waals surface area contributed by atoms with Crippen LogP contribution in [0.1, 0.15) is 139 Å². The second-order valence-corrected chi connectivity index (χ2v) is 23.1. The van der Waals surface area contributed by atoms with Crippen molar-refractivity contribution >= 4 is 39.2 Å². The van der Waals surface area contributed by atoms with Crippen LogP contribution in [0.4, 0.5) is 11.4 Å². The lowest BCUT2D eigenvalue weighted by Crippen LogP contribution is -2.27. The first kappa shape index (κ1) is 40.2. The molecular weight excluding hydrogens is 817 g/mol. The van der Waals surface area contributed by atoms with Gasteiger partial charge in [-0.15, -0.1) is 5.69 Å². The fourth-order valence-electron chi connectivity index (χ4n) is 14.1. The Kier molecular flexibility index (Phi) is 7.56. The number of hydrogen-bond donors (Lipinski definition) is 0. The fourth-order valence-corrected chi connectivity index (χ4v) is 14.1. The molecule has 0 fully saturated rings. The highest BCUT2D eigenvalue weighted by molar-refractivity contribution is 6.16. The zero-order valence-electron chi connectivity index (χ0n) is 40.2. The van der Waals surface area contributed by atoms with Crippen molar-refractivity contribution in [3.63, 3.8) is 0 Å². The Balaban J connectivity index is 0.906. The molecule has 66 heavy (non-hydrogen) atoms. The summed E-state index contributed by atoms with van der Waals surface area (Å²) < 4.78 is 25.4. The van der Waals surface area contributed by atoms with Crippen LogP contribution in [0.5, 0.6) is 34.5 Å². The van der Waals surface area contributed by atoms with Crippen LogP contribution in [0.2, 0.25) is 0 Å². The van der Waals surface area contributed by atoms with Crippen LogP contribution in [0.15, 0.2) is 89.0 Å². The number of hydrogen-bond acceptors (Lipinski definition) is 7. The molecule has 2 unspecified atom stereocenters. The molecule has 6 aromatic rings. The van der Waals surface area contributed by atoms with E-state index in [0.717, 1.165) is 93.9 Å². The van der Waals surface area contributed by atoms with Crippen molar-refractivity contribution in [2.45, 2.75) is 127 Å². The van der Waals surface area contributed by atoms with Crippen LogP contribution >= 0.6 is 0 Å². The van der Waals surface area contributed by atoms with Gasteiger partial charge in [-0.05, 0) is 166 Å². The second-order valence-electron chi connectivity index (χ2n) is 23.1. The van der Waals surface area contributed by atoms with Gasteiger partial charge in [-0.25, -0.2) is 9.97 Å². The summed E-state index contributed by atoms with van der Waals surface area (Å²) in [4.78, 5) is 15.9. The summed E-state index contributed by atoms with van der Waals surface area (Å²) in [5, 5.41) is 5.24. The first-order chi connectivity index (χ1) is 31.2. The zero-order chi connectivity index (χ0) is 45.8. The minimum atomic E-state index is -0.224. The van der Waals surface area contributed by atoms with E-state index >= 15 is 0 Å². The van der Waals surface area contributed by atoms with Gasteiger partial charge in [0, 0.05) is 34.4 Å². The highest BCUT2D eigenvalue weighted by atomic mass is 16.6. The first-order valence-electron chi connectivity index (χ1n) is 23.6. The fraction of sp³-hybridized carbons (Fsp3) is 0.379. The number of fused-ring (bicyclic) bond motifs is 14. The molecule has 5 aromatic carbocycles. The van der Waals surface area contributed by atoms with Crippen LogP contribution in [-0.2, 0) is 32.5 Å². The monoisotopic (exact) mass is 872 g/mol. The Bertz CT molecular complexity index is 3370. The molecule has 0 bridgehead atoms. The van der Waals surface area contributed by atoms with Crippen molar-refractivity contribution in [3.05, 3.63) is 140 Å². The number of benzene rings is 5. The lowest BCUT2D eigenvalue weighted by atomic mass is 9.72. The maximum Gasteiger partial charge on any atom is 0.172 e. The predicted molar refractivity (Wildman–Crippen MR) is 263 cm³/mol. The molecular formula is C58H56N4O4-. The smallest absolute Gasteiger partial charge is 0.172 e. The normalized spacial score (nSPS) is 24.7. The molecule has 0 saturated heterocycles. The molecule has 0 saturated carbocycles. The summed E-state index contributed by atoms with van der Waals surface area (Å²) in [6.45, 7) is 23.3. The average Bonchev–Trinajstić information content (AvgIpc) is 3.80. The number of aliphatic imine (C=N–C) groups is 1. The number of methoxy groups -OCH3 is 2. The van der Waals surface area contributed by atoms with Crippen molar-refractivity contribution in [2.75, 3.05) is 14.2 Å². The van der Waals surface area contributed by atoms with Gasteiger partial charge in [-0.3, -0.25) is 4.99 Å². The lowest BCUT2D eigenvalue weighted by Gasteiger charge is -2.40. The van der Waals surface area contributed by atoms with Crippen LogP contribution < -0.4 is 18.9 Å². The Morgan fingerprint density at radius 1 is 0.470 bits per heavy atom. The number of aromatic nitrogens is 2. The third-order valence-corrected chi connectivity index (χ3v) is 16.8. The van der Waals surface area contributed by atoms with Gasteiger partial charge < -0.3 is 24.3 Å². The average molecular weight is 873 g/mol. The van der Waals surface area contributed by atoms with Gasteiger partial charge in [0.15, 0.2) is 34.5 Å². The maximum atomic E-state index is 6.88. The van der Waals surface area contributed by atoms with Crippen molar-refractivity contribution in [1.82, 2.24) is 9.97 Å². The Hall–Kier alpha value is -6.15. The van der Waals surface area contributed by atoms with Gasteiger partial charge in [0.05, 0.1) is 36.3 Å². The summed E-state index contributed by atoms with van der Waals surface area (Å²) in [7, 11) is 3.43. The van der Waals surface area contributed by atoms with E-state index in [1.165, 1.54) is 55.7 Å². The number of nitrogens with zero attached hydrogens (tertiary/aromatic N) is 4. The molecule has 3 heterocycles. The van der Waals surface area contributed by atoms with Crippen molar-refractivity contribution in [2.24, 2.45) is 4.99 Å². The third-order valence-electron chi connectivity index (χ3n) is 16.8. The highest BCUT2D eigenvalue weighted by Gasteiger charge is 2.58. The van der Waals surface area contributed by atoms with Gasteiger partial charge in [0.2, 0.25) is 0 Å². The van der Waals surface area contributed by atoms with Crippen LogP contribution in [-0.4, -0.2) is 29.9 Å². The van der Waals surface area contributed by atoms with Crippen LogP contribution in [0, 0.1) is 6.04 Å². The number of rotatable bonds is 2. The van der Waals surface area contributed by atoms with E-state index in [1.54, 1.807) is 14.2 Å². The quantitative estimate of drug-likeness (QED) is 0.161. The summed E-state index contributed by atoms with van der Waals surface area (Å²) >= 11 is 0. The molecule has 5 aliphatic carbocycles. The molecule has 0 amide bonds. The van der Waals surface area contributed by atoms with Crippen LogP contribution in [0.3, 0.4) is 0 Å². The minimum Gasteiger partial charge on any atom is -0.669 e. The predicted octanol–water partition coefficient (Wildman–Crippen LogP) is 14.5. The van der Waals surface area contributed by atoms with E-state index in [-0.39, 0.29) is 32.5 Å². The maximum absolute atomic E-state index is 6.88. The molecule has 2 aliphatic heterocycles. The van der Waals surface area contributed by atoms with Gasteiger partial charge >= 0.3 is 0 Å². The van der Waals surface area contributed by atoms with Gasteiger partial charge in [0.25, 0.3) is 0 Å². The van der Waals surface area contributed by atoms with Crippen molar-refractivity contribution < 1.29 is 18.9 Å². The van der Waals surface area contributed by atoms with Crippen LogP contribution in [0.25, 0.3) is 27.4 Å². The molecule has 8 heteroatoms. The Labute approximate surface area is 387 Å². The molecule has 7 aliphatic rings. The first-order valence-corrected chi connectivity index (χ1v) is 23.6. The summed E-state index contributed by atoms with van der Waals surface area (Å²) in [6.07, 6.45) is 8.27. The third kappa shape index (κ3) is 5.19. The van der Waals surface area contributed by atoms with Gasteiger partial charge in [-0.1, -0.05) is 73.1 Å². The van der Waals surface area contributed by atoms with E-state index in [1.807, 2.05) is 12.1 Å². The standard InChI is InChI=1S/C58H56N4O4/c1-29-13-39-40(14-30(29)2)60-43-17-35-31(15-41(43)59-39)53(3,4)25-57(35)26-54(5,6)32-16-42-44(18-36(32)57)62-46-24-52-51(23-45(46)61-42)65-49-20-34-38(22-50(49)66-52)58(28-56(34,9)10)27-55(7,8)33-19-47(63-11)48(64-12)21-37(33)58/h13-24H,25-28H2,1-12H3/q-1. The van der Waals surface area contributed by atoms with E-state index in [0.29, 0.717) is 11.5 Å². The molecule has 1 aromatic heterocycles. The largest absolute Gasteiger partial charge is 0.669 e. The molecule has 333 valence electrons. The molecule has 0 N–H and O–H groups in total. The lowest BCUT2D eigenvalue weighted by molar-refractivity contribution is 0.347. The SMILES string of the molecule is COc1cc2c(cc1OC)C1(CC2(C)C)CC(C)(C)c2cc3c(cc21)Oc1cc2nc4cc5c(cc4nc2cc1O3)C(C)(C)CC51CC(C)(C)c2cc3c(cc21)[N-][C]1C=C(C)C(C)=CC1=N3. The van der Waals surface area contributed by atoms with E-state index in [9.17, 15) is 0 Å². The Morgan fingerprint density at radius 3 is 1.42 bits per heavy atom. The molecule has 1 radical (unpaired) electrons. The molecule has 13 rings (SSSR count). The molecule has 2 spiro atoms. The van der Waals surface area contributed by atoms with E-state index in [4.69, 9.17) is 39.2 Å². The highest BCUT2D eigenvalue weighted by Crippen LogP contribution is 2.67. The van der Waals surface area contributed by atoms with Gasteiger partial charge in [-0.2, -0.15) is 0 Å². The second kappa shape index (κ2) is 12.4.